The van der Waals surface area contributed by atoms with E-state index < -0.39 is 0 Å². The van der Waals surface area contributed by atoms with E-state index in [4.69, 9.17) is 0 Å². The van der Waals surface area contributed by atoms with E-state index in [-0.39, 0.29) is 12.1 Å². The maximum absolute atomic E-state index is 11.0. The minimum Gasteiger partial charge on any atom is -0.328 e. The summed E-state index contributed by atoms with van der Waals surface area (Å²) in [7, 11) is 7.33. The van der Waals surface area contributed by atoms with Gasteiger partial charge >= 0.3 is 12.1 Å². The smallest absolute Gasteiger partial charge is 0.319 e. The Bertz CT molecular complexity index is 254. The van der Waals surface area contributed by atoms with Crippen molar-refractivity contribution in [2.24, 2.45) is 0 Å². The van der Waals surface area contributed by atoms with Crippen LogP contribution in [0.25, 0.3) is 0 Å². The zero-order chi connectivity index (χ0) is 13.7. The Labute approximate surface area is 109 Å². The minimum absolute atomic E-state index is 0.140. The van der Waals surface area contributed by atoms with Crippen molar-refractivity contribution < 1.29 is 9.59 Å². The SMILES string of the molecule is CN1CCCN(C)C1=O.CN1CCCN(C)C1=O. The Morgan fingerprint density at radius 2 is 0.833 bits per heavy atom. The molecule has 104 valence electrons. The first-order valence-corrected chi connectivity index (χ1v) is 6.36. The molecule has 0 saturated carbocycles. The van der Waals surface area contributed by atoms with Crippen molar-refractivity contribution in [3.63, 3.8) is 0 Å². The summed E-state index contributed by atoms with van der Waals surface area (Å²) in [6.45, 7) is 3.62. The molecule has 6 nitrogen and oxygen atoms in total. The molecule has 0 unspecified atom stereocenters. The number of hydrogen-bond donors (Lipinski definition) is 0. The third-order valence-electron chi connectivity index (χ3n) is 3.28. The van der Waals surface area contributed by atoms with Gasteiger partial charge in [0.05, 0.1) is 0 Å². The second kappa shape index (κ2) is 6.47. The summed E-state index contributed by atoms with van der Waals surface area (Å²) in [4.78, 5) is 28.9. The van der Waals surface area contributed by atoms with Gasteiger partial charge in [-0.15, -0.1) is 0 Å². The fourth-order valence-corrected chi connectivity index (χ4v) is 2.06. The molecule has 2 saturated heterocycles. The van der Waals surface area contributed by atoms with Gasteiger partial charge in [-0.1, -0.05) is 0 Å². The van der Waals surface area contributed by atoms with Gasteiger partial charge in [-0.05, 0) is 12.8 Å². The number of hydrogen-bond acceptors (Lipinski definition) is 2. The average Bonchev–Trinajstić information content (AvgIpc) is 2.34. The molecule has 0 spiro atoms. The highest BCUT2D eigenvalue weighted by molar-refractivity contribution is 5.74. The normalized spacial score (nSPS) is 20.9. The van der Waals surface area contributed by atoms with Gasteiger partial charge < -0.3 is 19.6 Å². The summed E-state index contributed by atoms with van der Waals surface area (Å²) < 4.78 is 0. The quantitative estimate of drug-likeness (QED) is 0.642. The Kier molecular flexibility index (Phi) is 5.25. The van der Waals surface area contributed by atoms with Crippen LogP contribution in [0.2, 0.25) is 0 Å². The van der Waals surface area contributed by atoms with Gasteiger partial charge in [0.2, 0.25) is 0 Å². The van der Waals surface area contributed by atoms with E-state index in [1.165, 1.54) is 0 Å². The largest absolute Gasteiger partial charge is 0.328 e. The number of carbonyl (C=O) groups excluding carboxylic acids is 2. The zero-order valence-electron chi connectivity index (χ0n) is 11.8. The molecule has 18 heavy (non-hydrogen) atoms. The molecule has 0 radical (unpaired) electrons. The van der Waals surface area contributed by atoms with Gasteiger partial charge in [0.15, 0.2) is 0 Å². The Morgan fingerprint density at radius 1 is 0.611 bits per heavy atom. The molecule has 0 aromatic heterocycles. The van der Waals surface area contributed by atoms with Crippen molar-refractivity contribution in [1.29, 1.82) is 0 Å². The predicted octanol–water partition coefficient (Wildman–Crippen LogP) is 0.747. The van der Waals surface area contributed by atoms with Crippen LogP contribution >= 0.6 is 0 Å². The summed E-state index contributed by atoms with van der Waals surface area (Å²) in [6.07, 6.45) is 2.19. The predicted molar refractivity (Wildman–Crippen MR) is 70.5 cm³/mol. The van der Waals surface area contributed by atoms with Crippen molar-refractivity contribution in [3.05, 3.63) is 0 Å². The van der Waals surface area contributed by atoms with Crippen LogP contribution < -0.4 is 0 Å². The Hall–Kier alpha value is -1.46. The number of amides is 4. The van der Waals surface area contributed by atoms with Crippen molar-refractivity contribution in [3.8, 4) is 0 Å². The maximum atomic E-state index is 11.0. The molecule has 0 bridgehead atoms. The summed E-state index contributed by atoms with van der Waals surface area (Å²) >= 11 is 0. The lowest BCUT2D eigenvalue weighted by atomic mass is 10.3. The molecular formula is C12H24N4O2. The Morgan fingerprint density at radius 3 is 1.00 bits per heavy atom. The van der Waals surface area contributed by atoms with Gasteiger partial charge in [0.25, 0.3) is 0 Å². The van der Waals surface area contributed by atoms with Gasteiger partial charge in [-0.2, -0.15) is 0 Å². The summed E-state index contributed by atoms with van der Waals surface area (Å²) in [5.74, 6) is 0. The third kappa shape index (κ3) is 3.78. The minimum atomic E-state index is 0.140. The van der Waals surface area contributed by atoms with E-state index in [1.807, 2.05) is 28.2 Å². The summed E-state index contributed by atoms with van der Waals surface area (Å²) in [6, 6.07) is 0.280. The summed E-state index contributed by atoms with van der Waals surface area (Å²) in [5.41, 5.74) is 0. The number of carbonyl (C=O) groups is 2. The first-order chi connectivity index (χ1) is 8.43. The molecule has 0 aliphatic carbocycles. The lowest BCUT2D eigenvalue weighted by Gasteiger charge is -2.30. The van der Waals surface area contributed by atoms with Crippen LogP contribution in [0.5, 0.6) is 0 Å². The van der Waals surface area contributed by atoms with Crippen LogP contribution in [-0.2, 0) is 0 Å². The van der Waals surface area contributed by atoms with E-state index in [0.29, 0.717) is 0 Å². The average molecular weight is 256 g/mol. The second-order valence-electron chi connectivity index (χ2n) is 4.96. The van der Waals surface area contributed by atoms with Gasteiger partial charge in [0.1, 0.15) is 0 Å². The molecule has 0 atom stereocenters. The molecule has 2 aliphatic rings. The highest BCUT2D eigenvalue weighted by Gasteiger charge is 2.18. The lowest BCUT2D eigenvalue weighted by molar-refractivity contribution is 0.153. The first-order valence-electron chi connectivity index (χ1n) is 6.36. The van der Waals surface area contributed by atoms with Gasteiger partial charge in [0, 0.05) is 54.4 Å². The van der Waals surface area contributed by atoms with E-state index in [9.17, 15) is 9.59 Å². The molecule has 0 aromatic rings. The fourth-order valence-electron chi connectivity index (χ4n) is 2.06. The van der Waals surface area contributed by atoms with Crippen LogP contribution in [0.15, 0.2) is 0 Å². The van der Waals surface area contributed by atoms with Crippen molar-refractivity contribution in [1.82, 2.24) is 19.6 Å². The fraction of sp³-hybridized carbons (Fsp3) is 0.833. The monoisotopic (exact) mass is 256 g/mol. The molecule has 4 amide bonds. The zero-order valence-corrected chi connectivity index (χ0v) is 11.8. The van der Waals surface area contributed by atoms with Crippen LogP contribution in [-0.4, -0.2) is 86.0 Å². The molecular weight excluding hydrogens is 232 g/mol. The Balaban J connectivity index is 0.000000180. The van der Waals surface area contributed by atoms with Crippen LogP contribution in [0.3, 0.4) is 0 Å². The maximum Gasteiger partial charge on any atom is 0.319 e. The van der Waals surface area contributed by atoms with Crippen LogP contribution in [0.1, 0.15) is 12.8 Å². The topological polar surface area (TPSA) is 47.1 Å². The summed E-state index contributed by atoms with van der Waals surface area (Å²) in [5, 5.41) is 0. The van der Waals surface area contributed by atoms with Gasteiger partial charge in [-0.3, -0.25) is 0 Å². The number of nitrogens with zero attached hydrogens (tertiary/aromatic N) is 4. The first kappa shape index (κ1) is 14.6. The molecule has 2 aliphatic heterocycles. The van der Waals surface area contributed by atoms with Crippen molar-refractivity contribution in [2.45, 2.75) is 12.8 Å². The molecule has 2 fully saturated rings. The molecule has 0 N–H and O–H groups in total. The van der Waals surface area contributed by atoms with Crippen molar-refractivity contribution >= 4 is 12.1 Å². The van der Waals surface area contributed by atoms with E-state index in [2.05, 4.69) is 0 Å². The van der Waals surface area contributed by atoms with E-state index in [0.717, 1.165) is 39.0 Å². The molecule has 6 heteroatoms. The highest BCUT2D eigenvalue weighted by Crippen LogP contribution is 2.03. The number of urea groups is 2. The van der Waals surface area contributed by atoms with E-state index >= 15 is 0 Å². The van der Waals surface area contributed by atoms with Crippen molar-refractivity contribution in [2.75, 3.05) is 54.4 Å². The standard InChI is InChI=1S/2C6H12N2O/c2*1-7-4-3-5-8(2)6(7)9/h2*3-5H2,1-2H3. The highest BCUT2D eigenvalue weighted by atomic mass is 16.2. The molecule has 0 aromatic carbocycles. The van der Waals surface area contributed by atoms with Crippen LogP contribution in [0.4, 0.5) is 9.59 Å². The molecule has 2 heterocycles. The second-order valence-corrected chi connectivity index (χ2v) is 4.96. The van der Waals surface area contributed by atoms with Crippen LogP contribution in [0, 0.1) is 0 Å². The van der Waals surface area contributed by atoms with E-state index in [1.54, 1.807) is 19.6 Å². The third-order valence-corrected chi connectivity index (χ3v) is 3.28. The number of rotatable bonds is 0. The lowest BCUT2D eigenvalue weighted by Crippen LogP contribution is -2.44. The van der Waals surface area contributed by atoms with Gasteiger partial charge in [-0.25, -0.2) is 9.59 Å². The molecule has 2 rings (SSSR count).